The van der Waals surface area contributed by atoms with Crippen molar-refractivity contribution in [2.75, 3.05) is 19.7 Å². The summed E-state index contributed by atoms with van der Waals surface area (Å²) in [5.41, 5.74) is 5.67. The van der Waals surface area contributed by atoms with Gasteiger partial charge in [0.1, 0.15) is 0 Å². The number of nitrogens with zero attached hydrogens (tertiary/aromatic N) is 1. The lowest BCUT2D eigenvalue weighted by Gasteiger charge is -2.32. The lowest BCUT2D eigenvalue weighted by molar-refractivity contribution is 0.141. The Kier molecular flexibility index (Phi) is 5.83. The standard InChI is InChI=1S/C13H26N2OS/c1-13(2,12(14)17)7-8-15(9-10-16)11-5-3-4-6-11/h11,16H,3-10H2,1-2H3,(H2,14,17). The number of hydrogen-bond acceptors (Lipinski definition) is 3. The van der Waals surface area contributed by atoms with Crippen molar-refractivity contribution in [2.45, 2.75) is 52.0 Å². The third-order valence-corrected chi connectivity index (χ3v) is 4.47. The zero-order valence-corrected chi connectivity index (χ0v) is 11.9. The normalized spacial score (nSPS) is 17.9. The summed E-state index contributed by atoms with van der Waals surface area (Å²) < 4.78 is 0. The van der Waals surface area contributed by atoms with Gasteiger partial charge < -0.3 is 10.8 Å². The summed E-state index contributed by atoms with van der Waals surface area (Å²) in [6, 6.07) is 0.657. The Morgan fingerprint density at radius 1 is 1.35 bits per heavy atom. The van der Waals surface area contributed by atoms with Crippen LogP contribution in [-0.4, -0.2) is 40.7 Å². The molecule has 0 aliphatic heterocycles. The molecule has 0 spiro atoms. The second-order valence-electron chi connectivity index (χ2n) is 5.70. The molecule has 0 unspecified atom stereocenters. The fourth-order valence-corrected chi connectivity index (χ4v) is 2.52. The fraction of sp³-hybridized carbons (Fsp3) is 0.923. The van der Waals surface area contributed by atoms with Crippen molar-refractivity contribution < 1.29 is 5.11 Å². The van der Waals surface area contributed by atoms with Crippen molar-refractivity contribution in [1.29, 1.82) is 0 Å². The summed E-state index contributed by atoms with van der Waals surface area (Å²) in [4.78, 5) is 3.00. The Labute approximate surface area is 110 Å². The lowest BCUT2D eigenvalue weighted by Crippen LogP contribution is -2.40. The van der Waals surface area contributed by atoms with Gasteiger partial charge in [-0.05, 0) is 25.8 Å². The van der Waals surface area contributed by atoms with Gasteiger partial charge in [-0.2, -0.15) is 0 Å². The molecular formula is C13H26N2OS. The summed E-state index contributed by atoms with van der Waals surface area (Å²) in [6.07, 6.45) is 6.16. The van der Waals surface area contributed by atoms with Crippen molar-refractivity contribution >= 4 is 17.2 Å². The second kappa shape index (κ2) is 6.66. The Bertz CT molecular complexity index is 250. The molecule has 0 bridgehead atoms. The monoisotopic (exact) mass is 258 g/mol. The van der Waals surface area contributed by atoms with Crippen molar-refractivity contribution in [1.82, 2.24) is 4.90 Å². The van der Waals surface area contributed by atoms with Gasteiger partial charge in [0.2, 0.25) is 0 Å². The van der Waals surface area contributed by atoms with Crippen LogP contribution in [0, 0.1) is 5.41 Å². The van der Waals surface area contributed by atoms with E-state index in [9.17, 15) is 0 Å². The zero-order chi connectivity index (χ0) is 12.9. The minimum absolute atomic E-state index is 0.0817. The van der Waals surface area contributed by atoms with Gasteiger partial charge in [-0.25, -0.2) is 0 Å². The molecule has 0 saturated heterocycles. The molecule has 1 fully saturated rings. The molecule has 17 heavy (non-hydrogen) atoms. The fourth-order valence-electron chi connectivity index (χ4n) is 2.42. The predicted octanol–water partition coefficient (Wildman–Crippen LogP) is 1.93. The lowest BCUT2D eigenvalue weighted by atomic mass is 9.89. The minimum Gasteiger partial charge on any atom is -0.395 e. The number of nitrogens with two attached hydrogens (primary N) is 1. The number of aliphatic hydroxyl groups excluding tert-OH is 1. The average molecular weight is 258 g/mol. The molecule has 0 radical (unpaired) electrons. The average Bonchev–Trinajstić information content (AvgIpc) is 2.77. The van der Waals surface area contributed by atoms with E-state index in [1.807, 2.05) is 0 Å². The molecule has 1 saturated carbocycles. The molecule has 4 heteroatoms. The number of hydrogen-bond donors (Lipinski definition) is 2. The molecule has 3 nitrogen and oxygen atoms in total. The van der Waals surface area contributed by atoms with E-state index in [0.29, 0.717) is 11.0 Å². The summed E-state index contributed by atoms with van der Waals surface area (Å²) in [5, 5.41) is 9.14. The van der Waals surface area contributed by atoms with Crippen LogP contribution >= 0.6 is 12.2 Å². The number of rotatable bonds is 7. The maximum atomic E-state index is 9.14. The first kappa shape index (κ1) is 14.9. The summed E-state index contributed by atoms with van der Waals surface area (Å²) in [5.74, 6) is 0. The van der Waals surface area contributed by atoms with Crippen molar-refractivity contribution in [3.05, 3.63) is 0 Å². The quantitative estimate of drug-likeness (QED) is 0.685. The van der Waals surface area contributed by atoms with Crippen molar-refractivity contribution in [3.8, 4) is 0 Å². The van der Waals surface area contributed by atoms with Crippen LogP contribution < -0.4 is 5.73 Å². The number of thiocarbonyl (C=S) groups is 1. The Morgan fingerprint density at radius 3 is 2.41 bits per heavy atom. The molecule has 0 aromatic heterocycles. The van der Waals surface area contributed by atoms with E-state index in [2.05, 4.69) is 18.7 Å². The van der Waals surface area contributed by atoms with E-state index in [1.54, 1.807) is 0 Å². The molecule has 1 aliphatic carbocycles. The van der Waals surface area contributed by atoms with Gasteiger partial charge in [-0.1, -0.05) is 38.9 Å². The molecule has 0 aromatic carbocycles. The third kappa shape index (κ3) is 4.53. The Balaban J connectivity index is 2.46. The second-order valence-corrected chi connectivity index (χ2v) is 6.14. The van der Waals surface area contributed by atoms with Gasteiger partial charge in [0, 0.05) is 18.0 Å². The maximum absolute atomic E-state index is 9.14. The first-order valence-electron chi connectivity index (χ1n) is 6.62. The van der Waals surface area contributed by atoms with E-state index < -0.39 is 0 Å². The van der Waals surface area contributed by atoms with Gasteiger partial charge in [0.05, 0.1) is 11.6 Å². The molecule has 0 aromatic rings. The highest BCUT2D eigenvalue weighted by Gasteiger charge is 2.26. The van der Waals surface area contributed by atoms with E-state index >= 15 is 0 Å². The molecular weight excluding hydrogens is 232 g/mol. The van der Waals surface area contributed by atoms with Gasteiger partial charge in [0.15, 0.2) is 0 Å². The SMILES string of the molecule is CC(C)(CCN(CCO)C1CCCC1)C(N)=S. The molecule has 0 amide bonds. The maximum Gasteiger partial charge on any atom is 0.0784 e. The molecule has 0 atom stereocenters. The highest BCUT2D eigenvalue weighted by Crippen LogP contribution is 2.26. The van der Waals surface area contributed by atoms with Crippen LogP contribution in [0.4, 0.5) is 0 Å². The van der Waals surface area contributed by atoms with Crippen LogP contribution in [0.15, 0.2) is 0 Å². The first-order chi connectivity index (χ1) is 7.97. The van der Waals surface area contributed by atoms with Crippen LogP contribution in [-0.2, 0) is 0 Å². The minimum atomic E-state index is -0.0817. The van der Waals surface area contributed by atoms with Gasteiger partial charge in [-0.15, -0.1) is 0 Å². The van der Waals surface area contributed by atoms with E-state index in [1.165, 1.54) is 25.7 Å². The van der Waals surface area contributed by atoms with Gasteiger partial charge >= 0.3 is 0 Å². The van der Waals surface area contributed by atoms with Crippen molar-refractivity contribution in [2.24, 2.45) is 11.1 Å². The van der Waals surface area contributed by atoms with E-state index in [4.69, 9.17) is 23.1 Å². The summed E-state index contributed by atoms with van der Waals surface area (Å²) in [6.45, 7) is 6.19. The van der Waals surface area contributed by atoms with Crippen LogP contribution in [0.3, 0.4) is 0 Å². The molecule has 0 heterocycles. The van der Waals surface area contributed by atoms with E-state index in [-0.39, 0.29) is 12.0 Å². The highest BCUT2D eigenvalue weighted by atomic mass is 32.1. The first-order valence-corrected chi connectivity index (χ1v) is 7.03. The summed E-state index contributed by atoms with van der Waals surface area (Å²) >= 11 is 5.09. The third-order valence-electron chi connectivity index (χ3n) is 3.92. The van der Waals surface area contributed by atoms with Gasteiger partial charge in [-0.3, -0.25) is 4.90 Å². The smallest absolute Gasteiger partial charge is 0.0784 e. The molecule has 1 rings (SSSR count). The van der Waals surface area contributed by atoms with Crippen molar-refractivity contribution in [3.63, 3.8) is 0 Å². The van der Waals surface area contributed by atoms with Crippen LogP contribution in [0.5, 0.6) is 0 Å². The largest absolute Gasteiger partial charge is 0.395 e. The zero-order valence-electron chi connectivity index (χ0n) is 11.1. The van der Waals surface area contributed by atoms with Crippen LogP contribution in [0.2, 0.25) is 0 Å². The molecule has 100 valence electrons. The topological polar surface area (TPSA) is 49.5 Å². The molecule has 1 aliphatic rings. The summed E-state index contributed by atoms with van der Waals surface area (Å²) in [7, 11) is 0. The predicted molar refractivity (Wildman–Crippen MR) is 76.1 cm³/mol. The molecule has 3 N–H and O–H groups in total. The van der Waals surface area contributed by atoms with E-state index in [0.717, 1.165) is 19.5 Å². The van der Waals surface area contributed by atoms with Crippen LogP contribution in [0.25, 0.3) is 0 Å². The van der Waals surface area contributed by atoms with Gasteiger partial charge in [0.25, 0.3) is 0 Å². The Hall–Kier alpha value is -0.190. The highest BCUT2D eigenvalue weighted by molar-refractivity contribution is 7.80. The van der Waals surface area contributed by atoms with Crippen LogP contribution in [0.1, 0.15) is 46.0 Å². The number of aliphatic hydroxyl groups is 1. The Morgan fingerprint density at radius 2 is 1.94 bits per heavy atom.